The summed E-state index contributed by atoms with van der Waals surface area (Å²) in [6.07, 6.45) is 0.213. The van der Waals surface area contributed by atoms with Gasteiger partial charge in [-0.2, -0.15) is 0 Å². The van der Waals surface area contributed by atoms with Crippen molar-refractivity contribution in [2.75, 3.05) is 6.54 Å². The number of nitrogens with one attached hydrogen (secondary N) is 2. The standard InChI is InChI=1S/C15H26N2O5/c1-14(2,3)22-13(19)16-8-6-7-9-10-11(12(18)17-9)21-15(4,5)20-10/h9-11H,6-8H2,1-5H3,(H,16,19)(H,17,18)/t9-,10+,11+/m0/s1. The third-order valence-corrected chi connectivity index (χ3v) is 3.47. The lowest BCUT2D eigenvalue weighted by atomic mass is 10.1. The number of alkyl carbamates (subject to hydrolysis) is 1. The Morgan fingerprint density at radius 2 is 2.05 bits per heavy atom. The number of hydrogen-bond donors (Lipinski definition) is 2. The van der Waals surface area contributed by atoms with Crippen molar-refractivity contribution in [3.63, 3.8) is 0 Å². The predicted molar refractivity (Wildman–Crippen MR) is 79.2 cm³/mol. The molecule has 2 fully saturated rings. The molecule has 2 rings (SSSR count). The van der Waals surface area contributed by atoms with Gasteiger partial charge < -0.3 is 24.8 Å². The first-order valence-electron chi connectivity index (χ1n) is 7.70. The predicted octanol–water partition coefficient (Wildman–Crippen LogP) is 1.31. The molecule has 2 saturated heterocycles. The van der Waals surface area contributed by atoms with Crippen molar-refractivity contribution in [3.05, 3.63) is 0 Å². The maximum Gasteiger partial charge on any atom is 0.407 e. The zero-order valence-corrected chi connectivity index (χ0v) is 13.9. The lowest BCUT2D eigenvalue weighted by Crippen LogP contribution is -2.37. The number of carbonyl (C=O) groups is 2. The summed E-state index contributed by atoms with van der Waals surface area (Å²) in [5, 5.41) is 5.59. The Morgan fingerprint density at radius 1 is 1.36 bits per heavy atom. The summed E-state index contributed by atoms with van der Waals surface area (Å²) in [5.41, 5.74) is -0.503. The quantitative estimate of drug-likeness (QED) is 0.764. The molecule has 7 heteroatoms. The van der Waals surface area contributed by atoms with Gasteiger partial charge in [-0.15, -0.1) is 0 Å². The van der Waals surface area contributed by atoms with Gasteiger partial charge >= 0.3 is 6.09 Å². The van der Waals surface area contributed by atoms with E-state index >= 15 is 0 Å². The van der Waals surface area contributed by atoms with Crippen molar-refractivity contribution in [1.82, 2.24) is 10.6 Å². The van der Waals surface area contributed by atoms with Crippen LogP contribution in [0.4, 0.5) is 4.79 Å². The first-order chi connectivity index (χ1) is 10.1. The van der Waals surface area contributed by atoms with Gasteiger partial charge in [0.2, 0.25) is 0 Å². The van der Waals surface area contributed by atoms with Crippen molar-refractivity contribution in [2.24, 2.45) is 0 Å². The van der Waals surface area contributed by atoms with Crippen molar-refractivity contribution in [1.29, 1.82) is 0 Å². The molecule has 7 nitrogen and oxygen atoms in total. The third-order valence-electron chi connectivity index (χ3n) is 3.47. The minimum absolute atomic E-state index is 0.0836. The van der Waals surface area contributed by atoms with Crippen LogP contribution in [0.3, 0.4) is 0 Å². The fourth-order valence-corrected chi connectivity index (χ4v) is 2.70. The van der Waals surface area contributed by atoms with Crippen LogP contribution in [0, 0.1) is 0 Å². The molecule has 3 atom stereocenters. The third kappa shape index (κ3) is 4.33. The fraction of sp³-hybridized carbons (Fsp3) is 0.867. The molecule has 0 radical (unpaired) electrons. The summed E-state index contributed by atoms with van der Waals surface area (Å²) in [7, 11) is 0. The zero-order chi connectivity index (χ0) is 16.5. The van der Waals surface area contributed by atoms with E-state index in [2.05, 4.69) is 10.6 Å². The summed E-state index contributed by atoms with van der Waals surface area (Å²) < 4.78 is 16.5. The van der Waals surface area contributed by atoms with E-state index in [1.165, 1.54) is 0 Å². The van der Waals surface area contributed by atoms with Crippen LogP contribution < -0.4 is 10.6 Å². The van der Waals surface area contributed by atoms with Crippen LogP contribution in [0.25, 0.3) is 0 Å². The molecular formula is C15H26N2O5. The topological polar surface area (TPSA) is 85.9 Å². The summed E-state index contributed by atoms with van der Waals surface area (Å²) in [6.45, 7) is 9.56. The molecule has 0 aromatic heterocycles. The van der Waals surface area contributed by atoms with Gasteiger partial charge in [0.05, 0.1) is 6.04 Å². The molecule has 0 unspecified atom stereocenters. The smallest absolute Gasteiger partial charge is 0.407 e. The van der Waals surface area contributed by atoms with Crippen LogP contribution in [0.5, 0.6) is 0 Å². The average Bonchev–Trinajstić information content (AvgIpc) is 2.79. The van der Waals surface area contributed by atoms with Crippen LogP contribution in [0.15, 0.2) is 0 Å². The van der Waals surface area contributed by atoms with Gasteiger partial charge in [0.25, 0.3) is 5.91 Å². The van der Waals surface area contributed by atoms with Crippen LogP contribution >= 0.6 is 0 Å². The Kier molecular flexibility index (Phi) is 4.67. The fourth-order valence-electron chi connectivity index (χ4n) is 2.70. The molecule has 0 aromatic carbocycles. The van der Waals surface area contributed by atoms with Crippen LogP contribution in [0.2, 0.25) is 0 Å². The first-order valence-corrected chi connectivity index (χ1v) is 7.70. The molecule has 22 heavy (non-hydrogen) atoms. The van der Waals surface area contributed by atoms with Crippen molar-refractivity contribution < 1.29 is 23.8 Å². The van der Waals surface area contributed by atoms with Gasteiger partial charge in [0.1, 0.15) is 11.7 Å². The van der Waals surface area contributed by atoms with Crippen molar-refractivity contribution in [3.8, 4) is 0 Å². The number of amides is 2. The molecule has 2 aliphatic rings. The normalized spacial score (nSPS) is 29.9. The largest absolute Gasteiger partial charge is 0.444 e. The van der Waals surface area contributed by atoms with E-state index in [9.17, 15) is 9.59 Å². The molecule has 0 aliphatic carbocycles. The van der Waals surface area contributed by atoms with E-state index in [0.29, 0.717) is 13.0 Å². The van der Waals surface area contributed by atoms with Crippen LogP contribution in [-0.4, -0.2) is 48.2 Å². The Labute approximate surface area is 131 Å². The number of rotatable bonds is 4. The Morgan fingerprint density at radius 3 is 2.68 bits per heavy atom. The van der Waals surface area contributed by atoms with Crippen LogP contribution in [-0.2, 0) is 19.0 Å². The Balaban J connectivity index is 1.72. The first kappa shape index (κ1) is 17.0. The molecule has 0 aromatic rings. The second-order valence-corrected chi connectivity index (χ2v) is 7.21. The zero-order valence-electron chi connectivity index (χ0n) is 13.9. The lowest BCUT2D eigenvalue weighted by molar-refractivity contribution is -0.162. The van der Waals surface area contributed by atoms with Gasteiger partial charge in [-0.05, 0) is 47.5 Å². The van der Waals surface area contributed by atoms with Gasteiger partial charge in [-0.1, -0.05) is 0 Å². The maximum absolute atomic E-state index is 11.8. The van der Waals surface area contributed by atoms with Crippen molar-refractivity contribution >= 4 is 12.0 Å². The highest BCUT2D eigenvalue weighted by molar-refractivity contribution is 5.85. The molecule has 126 valence electrons. The summed E-state index contributed by atoms with van der Waals surface area (Å²) >= 11 is 0. The van der Waals surface area contributed by atoms with E-state index in [-0.39, 0.29) is 18.1 Å². The molecule has 2 aliphatic heterocycles. The Hall–Kier alpha value is -1.34. The molecule has 0 spiro atoms. The number of carbonyl (C=O) groups excluding carboxylic acids is 2. The molecular weight excluding hydrogens is 288 g/mol. The minimum Gasteiger partial charge on any atom is -0.444 e. The van der Waals surface area contributed by atoms with Gasteiger partial charge in [-0.3, -0.25) is 4.79 Å². The maximum atomic E-state index is 11.8. The second kappa shape index (κ2) is 6.04. The molecule has 2 heterocycles. The monoisotopic (exact) mass is 314 g/mol. The summed E-state index contributed by atoms with van der Waals surface area (Å²) in [4.78, 5) is 23.4. The van der Waals surface area contributed by atoms with E-state index in [1.54, 1.807) is 13.8 Å². The SMILES string of the molecule is CC(C)(C)OC(=O)NCCC[C@@H]1NC(=O)[C@@H]2OC(C)(C)O[C@H]12. The molecule has 2 N–H and O–H groups in total. The Bertz CT molecular complexity index is 444. The summed E-state index contributed by atoms with van der Waals surface area (Å²) in [6, 6.07) is -0.0836. The minimum atomic E-state index is -0.722. The number of hydrogen-bond acceptors (Lipinski definition) is 5. The van der Waals surface area contributed by atoms with E-state index in [1.807, 2.05) is 20.8 Å². The molecule has 2 amide bonds. The lowest BCUT2D eigenvalue weighted by Gasteiger charge is -2.22. The number of ether oxygens (including phenoxy) is 3. The highest BCUT2D eigenvalue weighted by Crippen LogP contribution is 2.34. The van der Waals surface area contributed by atoms with E-state index in [0.717, 1.165) is 6.42 Å². The van der Waals surface area contributed by atoms with Crippen molar-refractivity contribution in [2.45, 2.75) is 77.1 Å². The van der Waals surface area contributed by atoms with Gasteiger partial charge in [0.15, 0.2) is 11.9 Å². The second-order valence-electron chi connectivity index (χ2n) is 7.21. The number of fused-ring (bicyclic) bond motifs is 1. The highest BCUT2D eigenvalue weighted by atomic mass is 16.8. The molecule has 0 bridgehead atoms. The van der Waals surface area contributed by atoms with E-state index in [4.69, 9.17) is 14.2 Å². The molecule has 0 saturated carbocycles. The van der Waals surface area contributed by atoms with Gasteiger partial charge in [-0.25, -0.2) is 4.79 Å². The van der Waals surface area contributed by atoms with Crippen LogP contribution in [0.1, 0.15) is 47.5 Å². The average molecular weight is 314 g/mol. The van der Waals surface area contributed by atoms with Gasteiger partial charge in [0, 0.05) is 6.54 Å². The summed E-state index contributed by atoms with van der Waals surface area (Å²) in [5.74, 6) is -0.846. The van der Waals surface area contributed by atoms with E-state index < -0.39 is 23.6 Å². The highest BCUT2D eigenvalue weighted by Gasteiger charge is 2.53.